The zero-order valence-electron chi connectivity index (χ0n) is 14.4. The molecule has 0 atom stereocenters. The van der Waals surface area contributed by atoms with Crippen molar-refractivity contribution in [1.29, 1.82) is 0 Å². The summed E-state index contributed by atoms with van der Waals surface area (Å²) in [6.45, 7) is 2.42. The first-order valence-corrected chi connectivity index (χ1v) is 10.2. The first-order chi connectivity index (χ1) is 12.1. The lowest BCUT2D eigenvalue weighted by Gasteiger charge is -2.02. The molecular formula is C18H20N2O3S2. The van der Waals surface area contributed by atoms with Crippen molar-refractivity contribution in [2.24, 2.45) is 0 Å². The van der Waals surface area contributed by atoms with E-state index >= 15 is 0 Å². The third-order valence-corrected chi connectivity index (χ3v) is 5.53. The maximum atomic E-state index is 12.4. The largest absolute Gasteiger partial charge is 0.497 e. The second-order valence-corrected chi connectivity index (χ2v) is 7.40. The van der Waals surface area contributed by atoms with Crippen LogP contribution >= 0.6 is 23.1 Å². The van der Waals surface area contributed by atoms with Gasteiger partial charge >= 0.3 is 0 Å². The zero-order chi connectivity index (χ0) is 17.8. The van der Waals surface area contributed by atoms with Crippen molar-refractivity contribution in [3.63, 3.8) is 0 Å². The Balaban J connectivity index is 1.64. The van der Waals surface area contributed by atoms with E-state index in [1.54, 1.807) is 36.3 Å². The predicted molar refractivity (Wildman–Crippen MR) is 103 cm³/mol. The number of amides is 1. The first-order valence-electron chi connectivity index (χ1n) is 7.90. The average Bonchev–Trinajstić information content (AvgIpc) is 3.19. The second kappa shape index (κ2) is 7.93. The molecule has 0 unspecified atom stereocenters. The van der Waals surface area contributed by atoms with Gasteiger partial charge in [-0.15, -0.1) is 11.3 Å². The highest BCUT2D eigenvalue weighted by molar-refractivity contribution is 7.97. The van der Waals surface area contributed by atoms with Crippen LogP contribution in [0.25, 0.3) is 11.0 Å². The predicted octanol–water partition coefficient (Wildman–Crippen LogP) is 4.04. The summed E-state index contributed by atoms with van der Waals surface area (Å²) in [7, 11) is 1.60. The van der Waals surface area contributed by atoms with Gasteiger partial charge in [-0.1, -0.05) is 0 Å². The van der Waals surface area contributed by atoms with Crippen LogP contribution in [0.5, 0.6) is 5.75 Å². The van der Waals surface area contributed by atoms with Crippen LogP contribution < -0.4 is 10.1 Å². The molecule has 132 valence electrons. The van der Waals surface area contributed by atoms with Gasteiger partial charge < -0.3 is 14.5 Å². The monoisotopic (exact) mass is 376 g/mol. The minimum atomic E-state index is -0.202. The third-order valence-electron chi connectivity index (χ3n) is 3.89. The Kier molecular flexibility index (Phi) is 5.65. The molecule has 0 saturated heterocycles. The molecule has 1 amide bonds. The minimum Gasteiger partial charge on any atom is -0.497 e. The van der Waals surface area contributed by atoms with E-state index in [4.69, 9.17) is 9.15 Å². The summed E-state index contributed by atoms with van der Waals surface area (Å²) in [5, 5.41) is 7.01. The number of thiazole rings is 1. The number of carbonyl (C=O) groups is 1. The molecule has 7 heteroatoms. The summed E-state index contributed by atoms with van der Waals surface area (Å²) in [5.41, 5.74) is 2.51. The van der Waals surface area contributed by atoms with E-state index < -0.39 is 0 Å². The number of carbonyl (C=O) groups excluding carboxylic acids is 1. The molecule has 0 saturated carbocycles. The Morgan fingerprint density at radius 3 is 3.04 bits per heavy atom. The van der Waals surface area contributed by atoms with Gasteiger partial charge in [-0.3, -0.25) is 4.79 Å². The molecule has 0 aliphatic heterocycles. The molecule has 5 nitrogen and oxygen atoms in total. The van der Waals surface area contributed by atoms with E-state index in [0.717, 1.165) is 27.4 Å². The van der Waals surface area contributed by atoms with Crippen LogP contribution in [0.3, 0.4) is 0 Å². The summed E-state index contributed by atoms with van der Waals surface area (Å²) >= 11 is 3.42. The lowest BCUT2D eigenvalue weighted by Crippen LogP contribution is -2.25. The fourth-order valence-corrected chi connectivity index (χ4v) is 4.14. The molecular weight excluding hydrogens is 356 g/mol. The number of methoxy groups -OCH3 is 1. The molecule has 2 heterocycles. The Bertz CT molecular complexity index is 886. The molecule has 2 aromatic heterocycles. The van der Waals surface area contributed by atoms with Crippen LogP contribution in [0, 0.1) is 6.92 Å². The highest BCUT2D eigenvalue weighted by atomic mass is 32.2. The number of aromatic nitrogens is 1. The summed E-state index contributed by atoms with van der Waals surface area (Å²) in [6, 6.07) is 5.56. The lowest BCUT2D eigenvalue weighted by molar-refractivity contribution is 0.0927. The minimum absolute atomic E-state index is 0.202. The van der Waals surface area contributed by atoms with E-state index in [0.29, 0.717) is 30.1 Å². The first kappa shape index (κ1) is 17.8. The lowest BCUT2D eigenvalue weighted by atomic mass is 10.1. The van der Waals surface area contributed by atoms with Crippen LogP contribution in [-0.4, -0.2) is 30.8 Å². The number of aryl methyl sites for hydroxylation is 1. The van der Waals surface area contributed by atoms with Crippen molar-refractivity contribution < 1.29 is 13.9 Å². The standard InChI is InChI=1S/C18H20N2O3S2/c1-11-14-5-4-13(22-2)8-15(14)23-17(11)18(21)19-7-6-12-9-25-16(20-12)10-24-3/h4-5,8-9H,6-7,10H2,1-3H3,(H,19,21). The van der Waals surface area contributed by atoms with Crippen LogP contribution in [-0.2, 0) is 12.2 Å². The van der Waals surface area contributed by atoms with Gasteiger partial charge in [-0.2, -0.15) is 11.8 Å². The van der Waals surface area contributed by atoms with Gasteiger partial charge in [-0.05, 0) is 25.3 Å². The van der Waals surface area contributed by atoms with Crippen LogP contribution in [0.4, 0.5) is 0 Å². The second-order valence-electron chi connectivity index (χ2n) is 5.59. The van der Waals surface area contributed by atoms with E-state index in [2.05, 4.69) is 21.9 Å². The molecule has 3 rings (SSSR count). The van der Waals surface area contributed by atoms with Crippen LogP contribution in [0.15, 0.2) is 28.0 Å². The van der Waals surface area contributed by atoms with Gasteiger partial charge in [-0.25, -0.2) is 4.98 Å². The SMILES string of the molecule is COc1ccc2c(C)c(C(=O)NCCc3csc(CSC)n3)oc2c1. The van der Waals surface area contributed by atoms with Gasteiger partial charge in [0.25, 0.3) is 5.91 Å². The topological polar surface area (TPSA) is 64.4 Å². The van der Waals surface area contributed by atoms with Crippen molar-refractivity contribution >= 4 is 40.0 Å². The van der Waals surface area contributed by atoms with Crippen LogP contribution in [0.1, 0.15) is 26.8 Å². The van der Waals surface area contributed by atoms with Crippen LogP contribution in [0.2, 0.25) is 0 Å². The van der Waals surface area contributed by atoms with E-state index in [-0.39, 0.29) is 5.91 Å². The summed E-state index contributed by atoms with van der Waals surface area (Å²) in [4.78, 5) is 17.0. The maximum absolute atomic E-state index is 12.4. The van der Waals surface area contributed by atoms with Crippen molar-refractivity contribution in [3.8, 4) is 5.75 Å². The van der Waals surface area contributed by atoms with Crippen molar-refractivity contribution in [2.75, 3.05) is 19.9 Å². The number of hydrogen-bond donors (Lipinski definition) is 1. The van der Waals surface area contributed by atoms with Crippen molar-refractivity contribution in [1.82, 2.24) is 10.3 Å². The third kappa shape index (κ3) is 3.99. The van der Waals surface area contributed by atoms with Gasteiger partial charge in [0.15, 0.2) is 5.76 Å². The van der Waals surface area contributed by atoms with Gasteiger partial charge in [0.1, 0.15) is 16.3 Å². The number of nitrogens with zero attached hydrogens (tertiary/aromatic N) is 1. The number of nitrogens with one attached hydrogen (secondary N) is 1. The molecule has 1 aromatic carbocycles. The van der Waals surface area contributed by atoms with Crippen molar-refractivity contribution in [3.05, 3.63) is 45.6 Å². The molecule has 0 aliphatic rings. The average molecular weight is 377 g/mol. The normalized spacial score (nSPS) is 11.0. The van der Waals surface area contributed by atoms with Gasteiger partial charge in [0, 0.05) is 41.1 Å². The number of ether oxygens (including phenoxy) is 1. The number of fused-ring (bicyclic) bond motifs is 1. The molecule has 0 bridgehead atoms. The Hall–Kier alpha value is -1.99. The Morgan fingerprint density at radius 2 is 2.28 bits per heavy atom. The molecule has 0 fully saturated rings. The Labute approximate surface area is 154 Å². The number of hydrogen-bond acceptors (Lipinski definition) is 6. The number of thioether (sulfide) groups is 1. The molecule has 0 spiro atoms. The number of furan rings is 1. The summed E-state index contributed by atoms with van der Waals surface area (Å²) in [5.74, 6) is 1.79. The molecule has 3 aromatic rings. The highest BCUT2D eigenvalue weighted by Crippen LogP contribution is 2.28. The highest BCUT2D eigenvalue weighted by Gasteiger charge is 2.17. The molecule has 25 heavy (non-hydrogen) atoms. The molecule has 1 N–H and O–H groups in total. The zero-order valence-corrected chi connectivity index (χ0v) is 16.1. The van der Waals surface area contributed by atoms with Crippen molar-refractivity contribution in [2.45, 2.75) is 19.1 Å². The van der Waals surface area contributed by atoms with E-state index in [9.17, 15) is 4.79 Å². The number of benzene rings is 1. The fraction of sp³-hybridized carbons (Fsp3) is 0.333. The quantitative estimate of drug-likeness (QED) is 0.674. The smallest absolute Gasteiger partial charge is 0.287 e. The van der Waals surface area contributed by atoms with Gasteiger partial charge in [0.2, 0.25) is 0 Å². The Morgan fingerprint density at radius 1 is 1.44 bits per heavy atom. The molecule has 0 aliphatic carbocycles. The van der Waals surface area contributed by atoms with E-state index in [1.165, 1.54) is 0 Å². The fourth-order valence-electron chi connectivity index (χ4n) is 2.59. The van der Waals surface area contributed by atoms with E-state index in [1.807, 2.05) is 19.1 Å². The molecule has 0 radical (unpaired) electrons. The maximum Gasteiger partial charge on any atom is 0.287 e. The van der Waals surface area contributed by atoms with Gasteiger partial charge in [0.05, 0.1) is 12.8 Å². The summed E-state index contributed by atoms with van der Waals surface area (Å²) in [6.07, 6.45) is 2.77. The number of rotatable bonds is 7. The summed E-state index contributed by atoms with van der Waals surface area (Å²) < 4.78 is 10.9.